The molecule has 1 atom stereocenters. The Kier molecular flexibility index (Phi) is 4.53. The Morgan fingerprint density at radius 1 is 1.42 bits per heavy atom. The van der Waals surface area contributed by atoms with E-state index in [4.69, 9.17) is 0 Å². The smallest absolute Gasteiger partial charge is 0.256 e. The van der Waals surface area contributed by atoms with Gasteiger partial charge in [-0.05, 0) is 31.4 Å². The van der Waals surface area contributed by atoms with E-state index in [-0.39, 0.29) is 11.9 Å². The second kappa shape index (κ2) is 6.15. The van der Waals surface area contributed by atoms with Crippen LogP contribution < -0.4 is 0 Å². The number of hydrogen-bond acceptors (Lipinski definition) is 2. The normalized spacial score (nSPS) is 12.6. The minimum atomic E-state index is 0.0889. The Hall–Kier alpha value is -1.42. The van der Waals surface area contributed by atoms with Crippen molar-refractivity contribution in [2.75, 3.05) is 19.1 Å². The molecule has 0 radical (unpaired) electrons. The Morgan fingerprint density at radius 3 is 2.89 bits per heavy atom. The quantitative estimate of drug-likeness (QED) is 0.908. The summed E-state index contributed by atoms with van der Waals surface area (Å²) in [6, 6.07) is 8.17. The first kappa shape index (κ1) is 14.0. The minimum Gasteiger partial charge on any atom is -0.360 e. The number of carbonyl (C=O) groups excluding carboxylic acids is 1. The lowest BCUT2D eigenvalue weighted by Crippen LogP contribution is -2.35. The molecule has 4 heteroatoms. The van der Waals surface area contributed by atoms with Crippen LogP contribution in [0, 0.1) is 0 Å². The minimum absolute atomic E-state index is 0.0889. The standard InChI is InChI=1S/C15H20N2OS/c1-11(8-9-19-3)17(2)15(18)13-10-16-14-7-5-4-6-12(13)14/h4-7,10-11,16H,8-9H2,1-3H3. The summed E-state index contributed by atoms with van der Waals surface area (Å²) in [7, 11) is 1.88. The Bertz CT molecular complexity index is 564. The van der Waals surface area contributed by atoms with Crippen LogP contribution in [0.2, 0.25) is 0 Å². The average Bonchev–Trinajstić information content (AvgIpc) is 2.87. The van der Waals surface area contributed by atoms with Crippen LogP contribution in [0.4, 0.5) is 0 Å². The first-order chi connectivity index (χ1) is 9.15. The highest BCUT2D eigenvalue weighted by molar-refractivity contribution is 7.98. The van der Waals surface area contributed by atoms with E-state index < -0.39 is 0 Å². The zero-order valence-electron chi connectivity index (χ0n) is 11.6. The van der Waals surface area contributed by atoms with Crippen molar-refractivity contribution >= 4 is 28.6 Å². The maximum atomic E-state index is 12.5. The highest BCUT2D eigenvalue weighted by atomic mass is 32.2. The molecule has 102 valence electrons. The van der Waals surface area contributed by atoms with Crippen molar-refractivity contribution in [1.29, 1.82) is 0 Å². The lowest BCUT2D eigenvalue weighted by Gasteiger charge is -2.24. The van der Waals surface area contributed by atoms with Crippen molar-refractivity contribution in [1.82, 2.24) is 9.88 Å². The molecule has 0 aliphatic rings. The molecule has 1 amide bonds. The largest absolute Gasteiger partial charge is 0.360 e. The molecule has 0 aliphatic heterocycles. The fourth-order valence-corrected chi connectivity index (χ4v) is 2.70. The molecule has 1 aromatic heterocycles. The summed E-state index contributed by atoms with van der Waals surface area (Å²) in [4.78, 5) is 17.5. The van der Waals surface area contributed by atoms with E-state index in [1.807, 2.05) is 54.2 Å². The molecule has 1 aromatic carbocycles. The van der Waals surface area contributed by atoms with Crippen LogP contribution in [0.1, 0.15) is 23.7 Å². The molecule has 19 heavy (non-hydrogen) atoms. The van der Waals surface area contributed by atoms with E-state index >= 15 is 0 Å². The Morgan fingerprint density at radius 2 is 2.16 bits per heavy atom. The molecule has 1 N–H and O–H groups in total. The van der Waals surface area contributed by atoms with Crippen molar-refractivity contribution in [3.8, 4) is 0 Å². The van der Waals surface area contributed by atoms with Crippen LogP contribution in [-0.4, -0.2) is 40.9 Å². The second-order valence-electron chi connectivity index (χ2n) is 4.79. The van der Waals surface area contributed by atoms with Crippen molar-refractivity contribution in [3.05, 3.63) is 36.0 Å². The van der Waals surface area contributed by atoms with E-state index in [0.717, 1.165) is 28.6 Å². The molecule has 1 unspecified atom stereocenters. The molecule has 0 saturated carbocycles. The van der Waals surface area contributed by atoms with Crippen LogP contribution in [-0.2, 0) is 0 Å². The first-order valence-corrected chi connectivity index (χ1v) is 7.86. The van der Waals surface area contributed by atoms with E-state index in [9.17, 15) is 4.79 Å². The first-order valence-electron chi connectivity index (χ1n) is 6.47. The number of aromatic nitrogens is 1. The molecule has 0 fully saturated rings. The van der Waals surface area contributed by atoms with Gasteiger partial charge in [-0.3, -0.25) is 4.79 Å². The highest BCUT2D eigenvalue weighted by Crippen LogP contribution is 2.20. The number of fused-ring (bicyclic) bond motifs is 1. The van der Waals surface area contributed by atoms with Gasteiger partial charge in [0.25, 0.3) is 5.91 Å². The third-order valence-electron chi connectivity index (χ3n) is 3.54. The molecule has 1 heterocycles. The average molecular weight is 276 g/mol. The third-order valence-corrected chi connectivity index (χ3v) is 4.18. The van der Waals surface area contributed by atoms with Crippen LogP contribution in [0.15, 0.2) is 30.5 Å². The number of carbonyl (C=O) groups is 1. The van der Waals surface area contributed by atoms with Gasteiger partial charge in [0, 0.05) is 30.2 Å². The predicted octanol–water partition coefficient (Wildman–Crippen LogP) is 3.38. The molecule has 0 saturated heterocycles. The molecule has 0 spiro atoms. The van der Waals surface area contributed by atoms with Gasteiger partial charge in [0.2, 0.25) is 0 Å². The number of H-pyrrole nitrogens is 1. The number of para-hydroxylation sites is 1. The number of nitrogens with zero attached hydrogens (tertiary/aromatic N) is 1. The Labute approximate surface area is 118 Å². The monoisotopic (exact) mass is 276 g/mol. The fourth-order valence-electron chi connectivity index (χ4n) is 2.12. The SMILES string of the molecule is CSCCC(C)N(C)C(=O)c1c[nH]c2ccccc12. The number of thioether (sulfide) groups is 1. The number of benzene rings is 1. The number of rotatable bonds is 5. The summed E-state index contributed by atoms with van der Waals surface area (Å²) in [5, 5.41) is 0.997. The number of nitrogens with one attached hydrogen (secondary N) is 1. The molecule has 3 nitrogen and oxygen atoms in total. The number of amides is 1. The van der Waals surface area contributed by atoms with E-state index in [1.54, 1.807) is 0 Å². The van der Waals surface area contributed by atoms with Gasteiger partial charge in [-0.25, -0.2) is 0 Å². The van der Waals surface area contributed by atoms with Crippen molar-refractivity contribution in [2.45, 2.75) is 19.4 Å². The molecule has 2 rings (SSSR count). The van der Waals surface area contributed by atoms with Crippen LogP contribution in [0.25, 0.3) is 10.9 Å². The van der Waals surface area contributed by atoms with Gasteiger partial charge in [-0.2, -0.15) is 11.8 Å². The van der Waals surface area contributed by atoms with E-state index in [1.165, 1.54) is 0 Å². The zero-order chi connectivity index (χ0) is 13.8. The van der Waals surface area contributed by atoms with Crippen molar-refractivity contribution in [2.24, 2.45) is 0 Å². The van der Waals surface area contributed by atoms with Crippen molar-refractivity contribution < 1.29 is 4.79 Å². The molecular formula is C15H20N2OS. The van der Waals surface area contributed by atoms with Crippen LogP contribution in [0.3, 0.4) is 0 Å². The van der Waals surface area contributed by atoms with Crippen molar-refractivity contribution in [3.63, 3.8) is 0 Å². The molecule has 2 aromatic rings. The van der Waals surface area contributed by atoms with Crippen LogP contribution in [0.5, 0.6) is 0 Å². The summed E-state index contributed by atoms with van der Waals surface area (Å²) >= 11 is 1.81. The van der Waals surface area contributed by atoms with Gasteiger partial charge < -0.3 is 9.88 Å². The van der Waals surface area contributed by atoms with Gasteiger partial charge >= 0.3 is 0 Å². The number of aromatic amines is 1. The Balaban J connectivity index is 2.19. The van der Waals surface area contributed by atoms with Gasteiger partial charge in [0.05, 0.1) is 5.56 Å². The second-order valence-corrected chi connectivity index (χ2v) is 5.78. The van der Waals surface area contributed by atoms with Gasteiger partial charge in [0.1, 0.15) is 0 Å². The van der Waals surface area contributed by atoms with Gasteiger partial charge in [0.15, 0.2) is 0 Å². The van der Waals surface area contributed by atoms with Gasteiger partial charge in [-0.1, -0.05) is 18.2 Å². The highest BCUT2D eigenvalue weighted by Gasteiger charge is 2.19. The number of hydrogen-bond donors (Lipinski definition) is 1. The third kappa shape index (κ3) is 2.95. The van der Waals surface area contributed by atoms with Gasteiger partial charge in [-0.15, -0.1) is 0 Å². The molecule has 0 bridgehead atoms. The summed E-state index contributed by atoms with van der Waals surface area (Å²) in [5.74, 6) is 1.17. The lowest BCUT2D eigenvalue weighted by atomic mass is 10.1. The predicted molar refractivity (Wildman–Crippen MR) is 82.9 cm³/mol. The summed E-state index contributed by atoms with van der Waals surface area (Å²) in [6.07, 6.45) is 4.92. The summed E-state index contributed by atoms with van der Waals surface area (Å²) < 4.78 is 0. The zero-order valence-corrected chi connectivity index (χ0v) is 12.5. The molecule has 0 aliphatic carbocycles. The maximum Gasteiger partial charge on any atom is 0.256 e. The molecular weight excluding hydrogens is 256 g/mol. The fraction of sp³-hybridized carbons (Fsp3) is 0.400. The topological polar surface area (TPSA) is 36.1 Å². The van der Waals surface area contributed by atoms with Crippen LogP contribution >= 0.6 is 11.8 Å². The summed E-state index contributed by atoms with van der Waals surface area (Å²) in [5.41, 5.74) is 1.77. The maximum absolute atomic E-state index is 12.5. The lowest BCUT2D eigenvalue weighted by molar-refractivity contribution is 0.0743. The van der Waals surface area contributed by atoms with E-state index in [2.05, 4.69) is 18.2 Å². The summed E-state index contributed by atoms with van der Waals surface area (Å²) in [6.45, 7) is 2.10. The van der Waals surface area contributed by atoms with E-state index in [0.29, 0.717) is 0 Å².